The zero-order valence-corrected chi connectivity index (χ0v) is 13.7. The predicted molar refractivity (Wildman–Crippen MR) is 89.7 cm³/mol. The second-order valence-electron chi connectivity index (χ2n) is 4.84. The maximum Gasteiger partial charge on any atom is 0.263 e. The third kappa shape index (κ3) is 4.82. The Balaban J connectivity index is 1.85. The number of carbonyl (C=O) groups is 1. The molecule has 0 radical (unpaired) electrons. The van der Waals surface area contributed by atoms with Gasteiger partial charge in [-0.1, -0.05) is 41.7 Å². The monoisotopic (exact) mass is 319 g/mol. The average molecular weight is 319 g/mol. The lowest BCUT2D eigenvalue weighted by molar-refractivity contribution is 0.0940. The van der Waals surface area contributed by atoms with E-state index in [1.165, 1.54) is 16.9 Å². The molecule has 0 aliphatic rings. The summed E-state index contributed by atoms with van der Waals surface area (Å²) in [6, 6.07) is 10.3. The smallest absolute Gasteiger partial charge is 0.263 e. The van der Waals surface area contributed by atoms with E-state index < -0.39 is 0 Å². The Morgan fingerprint density at radius 2 is 2.05 bits per heavy atom. The van der Waals surface area contributed by atoms with Crippen LogP contribution >= 0.6 is 11.3 Å². The van der Waals surface area contributed by atoms with Gasteiger partial charge in [-0.2, -0.15) is 0 Å². The van der Waals surface area contributed by atoms with Crippen LogP contribution in [0.5, 0.6) is 0 Å². The van der Waals surface area contributed by atoms with E-state index in [9.17, 15) is 4.79 Å². The van der Waals surface area contributed by atoms with Crippen molar-refractivity contribution in [2.75, 3.05) is 32.1 Å². The number of aryl methyl sites for hydroxylation is 1. The van der Waals surface area contributed by atoms with Gasteiger partial charge in [0.2, 0.25) is 0 Å². The molecule has 0 aliphatic heterocycles. The maximum absolute atomic E-state index is 12.0. The number of hydrogen-bond donors (Lipinski definition) is 2. The van der Waals surface area contributed by atoms with Gasteiger partial charge >= 0.3 is 0 Å². The maximum atomic E-state index is 12.0. The number of carbonyl (C=O) groups excluding carboxylic acids is 1. The number of benzene rings is 1. The molecule has 0 atom stereocenters. The van der Waals surface area contributed by atoms with E-state index in [1.807, 2.05) is 25.1 Å². The van der Waals surface area contributed by atoms with Gasteiger partial charge in [-0.25, -0.2) is 4.98 Å². The van der Waals surface area contributed by atoms with Crippen molar-refractivity contribution in [2.45, 2.75) is 13.3 Å². The van der Waals surface area contributed by atoms with Gasteiger partial charge in [-0.3, -0.25) is 4.79 Å². The minimum absolute atomic E-state index is 0.0943. The number of ether oxygens (including phenoxy) is 1. The average Bonchev–Trinajstić information content (AvgIpc) is 2.89. The highest BCUT2D eigenvalue weighted by atomic mass is 32.1. The minimum atomic E-state index is -0.0943. The summed E-state index contributed by atoms with van der Waals surface area (Å²) in [4.78, 5) is 17.1. The molecule has 1 aromatic heterocycles. The van der Waals surface area contributed by atoms with E-state index in [1.54, 1.807) is 7.11 Å². The first-order valence-corrected chi connectivity index (χ1v) is 8.04. The fourth-order valence-electron chi connectivity index (χ4n) is 1.99. The van der Waals surface area contributed by atoms with E-state index in [2.05, 4.69) is 27.8 Å². The van der Waals surface area contributed by atoms with Gasteiger partial charge in [-0.05, 0) is 18.9 Å². The normalized spacial score (nSPS) is 10.5. The Bertz CT molecular complexity index is 599. The first kappa shape index (κ1) is 16.5. The lowest BCUT2D eigenvalue weighted by atomic mass is 10.2. The fourth-order valence-corrected chi connectivity index (χ4v) is 2.90. The van der Waals surface area contributed by atoms with E-state index in [-0.39, 0.29) is 5.91 Å². The van der Waals surface area contributed by atoms with Crippen molar-refractivity contribution in [1.82, 2.24) is 10.3 Å². The number of hydrogen-bond acceptors (Lipinski definition) is 5. The summed E-state index contributed by atoms with van der Waals surface area (Å²) >= 11 is 1.39. The molecule has 6 heteroatoms. The molecule has 5 nitrogen and oxygen atoms in total. The molecule has 2 N–H and O–H groups in total. The van der Waals surface area contributed by atoms with Gasteiger partial charge in [0.1, 0.15) is 4.88 Å². The SMILES string of the molecule is COCCNC(=O)c1sc(NCCc2ccccc2)nc1C. The molecule has 1 amide bonds. The highest BCUT2D eigenvalue weighted by Crippen LogP contribution is 2.22. The molecule has 0 aliphatic carbocycles. The molecule has 2 aromatic rings. The Morgan fingerprint density at radius 3 is 2.77 bits per heavy atom. The van der Waals surface area contributed by atoms with E-state index in [0.717, 1.165) is 23.8 Å². The van der Waals surface area contributed by atoms with E-state index >= 15 is 0 Å². The third-order valence-corrected chi connectivity index (χ3v) is 4.24. The Morgan fingerprint density at radius 1 is 1.27 bits per heavy atom. The molecule has 0 fully saturated rings. The van der Waals surface area contributed by atoms with Crippen LogP contribution in [0.25, 0.3) is 0 Å². The fraction of sp³-hybridized carbons (Fsp3) is 0.375. The van der Waals surface area contributed by atoms with Crippen LogP contribution in [0.15, 0.2) is 30.3 Å². The van der Waals surface area contributed by atoms with Gasteiger partial charge in [0.25, 0.3) is 5.91 Å². The molecule has 0 spiro atoms. The third-order valence-electron chi connectivity index (χ3n) is 3.13. The summed E-state index contributed by atoms with van der Waals surface area (Å²) in [5.41, 5.74) is 2.03. The molecule has 1 aromatic carbocycles. The molecule has 118 valence electrons. The van der Waals surface area contributed by atoms with Crippen LogP contribution in [-0.4, -0.2) is 37.7 Å². The van der Waals surface area contributed by atoms with Crippen molar-refractivity contribution in [3.05, 3.63) is 46.5 Å². The van der Waals surface area contributed by atoms with Crippen LogP contribution in [0.1, 0.15) is 20.9 Å². The zero-order valence-electron chi connectivity index (χ0n) is 12.9. The van der Waals surface area contributed by atoms with Crippen LogP contribution < -0.4 is 10.6 Å². The molecule has 0 bridgehead atoms. The van der Waals surface area contributed by atoms with Crippen molar-refractivity contribution < 1.29 is 9.53 Å². The van der Waals surface area contributed by atoms with Crippen molar-refractivity contribution in [2.24, 2.45) is 0 Å². The number of thiazole rings is 1. The quantitative estimate of drug-likeness (QED) is 0.734. The standard InChI is InChI=1S/C16H21N3O2S/c1-12-14(15(20)17-10-11-21-2)22-16(19-12)18-9-8-13-6-4-3-5-7-13/h3-7H,8-11H2,1-2H3,(H,17,20)(H,18,19). The number of amides is 1. The highest BCUT2D eigenvalue weighted by molar-refractivity contribution is 7.17. The topological polar surface area (TPSA) is 63.2 Å². The van der Waals surface area contributed by atoms with Gasteiger partial charge < -0.3 is 15.4 Å². The summed E-state index contributed by atoms with van der Waals surface area (Å²) in [6.07, 6.45) is 0.925. The molecule has 0 saturated heterocycles. The van der Waals surface area contributed by atoms with Crippen molar-refractivity contribution >= 4 is 22.4 Å². The number of nitrogens with one attached hydrogen (secondary N) is 2. The highest BCUT2D eigenvalue weighted by Gasteiger charge is 2.14. The van der Waals surface area contributed by atoms with E-state index in [0.29, 0.717) is 18.0 Å². The molecule has 2 rings (SSSR count). The van der Waals surface area contributed by atoms with Crippen LogP contribution in [0.3, 0.4) is 0 Å². The number of nitrogens with zero attached hydrogens (tertiary/aromatic N) is 1. The van der Waals surface area contributed by atoms with Crippen molar-refractivity contribution in [1.29, 1.82) is 0 Å². The summed E-state index contributed by atoms with van der Waals surface area (Å²) in [5, 5.41) is 6.88. The minimum Gasteiger partial charge on any atom is -0.383 e. The molecule has 0 saturated carbocycles. The zero-order chi connectivity index (χ0) is 15.8. The second kappa shape index (κ2) is 8.51. The van der Waals surface area contributed by atoms with Gasteiger partial charge in [0.15, 0.2) is 5.13 Å². The lowest BCUT2D eigenvalue weighted by Gasteiger charge is -2.03. The van der Waals surface area contributed by atoms with Gasteiger partial charge in [-0.15, -0.1) is 0 Å². The summed E-state index contributed by atoms with van der Waals surface area (Å²) in [6.45, 7) is 3.65. The molecule has 0 unspecified atom stereocenters. The summed E-state index contributed by atoms with van der Waals surface area (Å²) in [5.74, 6) is -0.0943. The van der Waals surface area contributed by atoms with Crippen LogP contribution in [0, 0.1) is 6.92 Å². The van der Waals surface area contributed by atoms with Crippen molar-refractivity contribution in [3.8, 4) is 0 Å². The summed E-state index contributed by atoms with van der Waals surface area (Å²) < 4.78 is 4.92. The number of methoxy groups -OCH3 is 1. The molecular weight excluding hydrogens is 298 g/mol. The van der Waals surface area contributed by atoms with Crippen LogP contribution in [-0.2, 0) is 11.2 Å². The first-order chi connectivity index (χ1) is 10.7. The molecular formula is C16H21N3O2S. The number of anilines is 1. The summed E-state index contributed by atoms with van der Waals surface area (Å²) in [7, 11) is 1.61. The predicted octanol–water partition coefficient (Wildman–Crippen LogP) is 2.48. The first-order valence-electron chi connectivity index (χ1n) is 7.23. The van der Waals surface area contributed by atoms with Gasteiger partial charge in [0.05, 0.1) is 12.3 Å². The Hall–Kier alpha value is -1.92. The Labute approximate surface area is 134 Å². The van der Waals surface area contributed by atoms with Gasteiger partial charge in [0, 0.05) is 20.2 Å². The largest absolute Gasteiger partial charge is 0.383 e. The van der Waals surface area contributed by atoms with Crippen LogP contribution in [0.2, 0.25) is 0 Å². The number of aromatic nitrogens is 1. The molecule has 22 heavy (non-hydrogen) atoms. The van der Waals surface area contributed by atoms with E-state index in [4.69, 9.17) is 4.74 Å². The second-order valence-corrected chi connectivity index (χ2v) is 5.84. The molecule has 1 heterocycles. The van der Waals surface area contributed by atoms with Crippen LogP contribution in [0.4, 0.5) is 5.13 Å². The van der Waals surface area contributed by atoms with Crippen molar-refractivity contribution in [3.63, 3.8) is 0 Å². The Kier molecular flexibility index (Phi) is 6.36. The lowest BCUT2D eigenvalue weighted by Crippen LogP contribution is -2.26. The number of rotatable bonds is 8.